The number of carbonyl (C=O) groups excluding carboxylic acids is 2. The lowest BCUT2D eigenvalue weighted by atomic mass is 9.85. The third-order valence-electron chi connectivity index (χ3n) is 10.7. The Kier molecular flexibility index (Phi) is 35.1. The molecule has 0 bridgehead atoms. The van der Waals surface area contributed by atoms with Crippen LogP contribution >= 0.6 is 15.6 Å². The van der Waals surface area contributed by atoms with Crippen LogP contribution in [0.3, 0.4) is 0 Å². The minimum absolute atomic E-state index is 0.0668. The van der Waals surface area contributed by atoms with Crippen molar-refractivity contribution in [3.05, 3.63) is 60.8 Å². The molecule has 0 amide bonds. The van der Waals surface area contributed by atoms with Crippen molar-refractivity contribution in [3.8, 4) is 0 Å². The standard InChI is InChI=1S/C47H82O17P2/c1-3-5-7-9-11-12-13-14-15-16-17-18-22-26-30-34-40(49)60-36-39(37-61-66(58,59)64-47-44(53)42(51)43(52)46(45(47)54)63-65(55,56)57)62-41(50)35-31-27-23-20-19-21-25-29-33-38(48)32-28-24-10-8-6-4-2/h6,8,20-21,23-25,28-29,33,38-39,42-48,51-54H,3-5,7,9-19,22,26-27,30-32,34-37H2,1-2H3,(H,58,59)(H2,55,56,57)/b8-6-,23-20-,25-21-,28-24-,33-29+/t38?,39-,42?,43?,44?,45?,46-,47+/m1/s1. The average Bonchev–Trinajstić information content (AvgIpc) is 3.27. The average molecular weight is 981 g/mol. The SMILES string of the molecule is CC/C=C\C/C=C\CC(O)/C=C/C=C\C/C=C\CCCC(=O)O[C@H](COC(=O)CCCCCCCCCCCCCCCCC)COP(=O)(O)O[C@H]1C(O)C(O)C(O)[C@@H](OP(=O)(O)O)C1O. The van der Waals surface area contributed by atoms with E-state index in [4.69, 9.17) is 18.5 Å². The zero-order chi connectivity index (χ0) is 49.1. The van der Waals surface area contributed by atoms with E-state index in [1.165, 1.54) is 64.2 Å². The van der Waals surface area contributed by atoms with Gasteiger partial charge in [0.15, 0.2) is 6.10 Å². The van der Waals surface area contributed by atoms with Gasteiger partial charge in [0.25, 0.3) is 0 Å². The quantitative estimate of drug-likeness (QED) is 0.00951. The molecule has 0 heterocycles. The van der Waals surface area contributed by atoms with Crippen LogP contribution in [0, 0.1) is 0 Å². The number of hydrogen-bond acceptors (Lipinski definition) is 14. The lowest BCUT2D eigenvalue weighted by molar-refractivity contribution is -0.216. The number of aliphatic hydroxyl groups is 5. The first kappa shape index (κ1) is 61.7. The maximum atomic E-state index is 13.0. The normalized spacial score (nSPS) is 22.5. The van der Waals surface area contributed by atoms with Gasteiger partial charge in [0.2, 0.25) is 0 Å². The Hall–Kier alpha value is -2.34. The molecule has 382 valence electrons. The topological polar surface area (TPSA) is 276 Å². The second kappa shape index (κ2) is 37.5. The van der Waals surface area contributed by atoms with E-state index in [2.05, 4.69) is 30.5 Å². The Morgan fingerprint density at radius 3 is 1.70 bits per heavy atom. The molecule has 1 aliphatic carbocycles. The van der Waals surface area contributed by atoms with Crippen molar-refractivity contribution < 1.29 is 82.0 Å². The molecule has 0 aromatic carbocycles. The number of aliphatic hydroxyl groups excluding tert-OH is 5. The van der Waals surface area contributed by atoms with E-state index in [9.17, 15) is 58.9 Å². The summed E-state index contributed by atoms with van der Waals surface area (Å²) in [6.07, 6.45) is 25.0. The maximum absolute atomic E-state index is 13.0. The first-order valence-electron chi connectivity index (χ1n) is 23.9. The lowest BCUT2D eigenvalue weighted by Crippen LogP contribution is -2.64. The van der Waals surface area contributed by atoms with E-state index in [0.29, 0.717) is 32.1 Å². The molecule has 8 N–H and O–H groups in total. The van der Waals surface area contributed by atoms with Crippen molar-refractivity contribution in [2.75, 3.05) is 13.2 Å². The Morgan fingerprint density at radius 2 is 1.11 bits per heavy atom. The van der Waals surface area contributed by atoms with Gasteiger partial charge in [-0.25, -0.2) is 9.13 Å². The van der Waals surface area contributed by atoms with Crippen molar-refractivity contribution in [2.24, 2.45) is 0 Å². The van der Waals surface area contributed by atoms with Gasteiger partial charge in [0.1, 0.15) is 43.2 Å². The van der Waals surface area contributed by atoms with Gasteiger partial charge in [0, 0.05) is 12.8 Å². The molecule has 19 heteroatoms. The number of phosphoric ester groups is 2. The summed E-state index contributed by atoms with van der Waals surface area (Å²) < 4.78 is 49.3. The van der Waals surface area contributed by atoms with E-state index in [1.807, 2.05) is 36.5 Å². The number of allylic oxidation sites excluding steroid dienone is 8. The summed E-state index contributed by atoms with van der Waals surface area (Å²) in [5.41, 5.74) is 0. The molecule has 9 atom stereocenters. The third-order valence-corrected chi connectivity index (χ3v) is 12.2. The number of esters is 2. The van der Waals surface area contributed by atoms with Crippen LogP contribution < -0.4 is 0 Å². The molecule has 66 heavy (non-hydrogen) atoms. The summed E-state index contributed by atoms with van der Waals surface area (Å²) in [5, 5.41) is 51.3. The zero-order valence-electron chi connectivity index (χ0n) is 39.2. The van der Waals surface area contributed by atoms with Crippen molar-refractivity contribution in [1.29, 1.82) is 0 Å². The fraction of sp³-hybridized carbons (Fsp3) is 0.745. The number of ether oxygens (including phenoxy) is 2. The van der Waals surface area contributed by atoms with Crippen LogP contribution in [0.15, 0.2) is 60.8 Å². The van der Waals surface area contributed by atoms with Gasteiger partial charge in [-0.15, -0.1) is 0 Å². The van der Waals surface area contributed by atoms with Gasteiger partial charge < -0.3 is 49.7 Å². The van der Waals surface area contributed by atoms with E-state index >= 15 is 0 Å². The van der Waals surface area contributed by atoms with Crippen molar-refractivity contribution in [1.82, 2.24) is 0 Å². The van der Waals surface area contributed by atoms with Crippen LogP contribution in [0.2, 0.25) is 0 Å². The summed E-state index contributed by atoms with van der Waals surface area (Å²) in [6.45, 7) is 2.88. The van der Waals surface area contributed by atoms with Gasteiger partial charge in [-0.05, 0) is 44.9 Å². The van der Waals surface area contributed by atoms with Crippen LogP contribution in [0.1, 0.15) is 162 Å². The van der Waals surface area contributed by atoms with Crippen LogP contribution in [-0.4, -0.2) is 114 Å². The first-order valence-corrected chi connectivity index (χ1v) is 27.0. The Balaban J connectivity index is 2.66. The summed E-state index contributed by atoms with van der Waals surface area (Å²) >= 11 is 0. The summed E-state index contributed by atoms with van der Waals surface area (Å²) in [7, 11) is -10.7. The Morgan fingerprint density at radius 1 is 0.576 bits per heavy atom. The fourth-order valence-corrected chi connectivity index (χ4v) is 8.51. The van der Waals surface area contributed by atoms with Crippen LogP contribution in [0.4, 0.5) is 0 Å². The second-order valence-corrected chi connectivity index (χ2v) is 19.3. The van der Waals surface area contributed by atoms with Crippen LogP contribution in [0.5, 0.6) is 0 Å². The molecule has 0 radical (unpaired) electrons. The summed E-state index contributed by atoms with van der Waals surface area (Å²) in [5.74, 6) is -1.31. The Bertz CT molecular complexity index is 1530. The molecule has 1 rings (SSSR count). The molecule has 17 nitrogen and oxygen atoms in total. The van der Waals surface area contributed by atoms with Gasteiger partial charge in [0.05, 0.1) is 12.7 Å². The highest BCUT2D eigenvalue weighted by molar-refractivity contribution is 7.47. The Labute approximate surface area is 392 Å². The van der Waals surface area contributed by atoms with E-state index in [-0.39, 0.29) is 12.8 Å². The van der Waals surface area contributed by atoms with Crippen molar-refractivity contribution >= 4 is 27.6 Å². The van der Waals surface area contributed by atoms with Gasteiger partial charge >= 0.3 is 27.6 Å². The zero-order valence-corrected chi connectivity index (χ0v) is 41.0. The monoisotopic (exact) mass is 981 g/mol. The van der Waals surface area contributed by atoms with E-state index in [1.54, 1.807) is 12.2 Å². The maximum Gasteiger partial charge on any atom is 0.472 e. The van der Waals surface area contributed by atoms with Crippen molar-refractivity contribution in [2.45, 2.75) is 210 Å². The highest BCUT2D eigenvalue weighted by Crippen LogP contribution is 2.49. The van der Waals surface area contributed by atoms with Gasteiger partial charge in [-0.2, -0.15) is 0 Å². The predicted octanol–water partition coefficient (Wildman–Crippen LogP) is 8.03. The molecule has 6 unspecified atom stereocenters. The molecule has 0 saturated heterocycles. The third kappa shape index (κ3) is 31.7. The van der Waals surface area contributed by atoms with E-state index < -0.39 is 89.6 Å². The highest BCUT2D eigenvalue weighted by atomic mass is 31.2. The molecule has 1 saturated carbocycles. The first-order chi connectivity index (χ1) is 31.5. The number of rotatable bonds is 39. The molecule has 1 aliphatic rings. The smallest absolute Gasteiger partial charge is 0.462 e. The number of carbonyl (C=O) groups is 2. The molecule has 0 aliphatic heterocycles. The van der Waals surface area contributed by atoms with E-state index in [0.717, 1.165) is 38.5 Å². The second-order valence-electron chi connectivity index (χ2n) is 16.7. The molecule has 0 aromatic heterocycles. The largest absolute Gasteiger partial charge is 0.472 e. The van der Waals surface area contributed by atoms with Gasteiger partial charge in [-0.3, -0.25) is 23.2 Å². The predicted molar refractivity (Wildman–Crippen MR) is 252 cm³/mol. The molecule has 1 fully saturated rings. The number of hydrogen-bond donors (Lipinski definition) is 8. The molecule has 0 aromatic rings. The molecule has 0 spiro atoms. The highest BCUT2D eigenvalue weighted by Gasteiger charge is 2.54. The summed E-state index contributed by atoms with van der Waals surface area (Å²) in [6, 6.07) is 0. The fourth-order valence-electron chi connectivity index (χ4n) is 6.97. The number of unbranched alkanes of at least 4 members (excludes halogenated alkanes) is 15. The van der Waals surface area contributed by atoms with Gasteiger partial charge in [-0.1, -0.05) is 164 Å². The minimum Gasteiger partial charge on any atom is -0.462 e. The lowest BCUT2D eigenvalue weighted by Gasteiger charge is -2.43. The molecular formula is C47H82O17P2. The van der Waals surface area contributed by atoms with Crippen LogP contribution in [-0.2, 0) is 41.8 Å². The minimum atomic E-state index is -5.38. The number of phosphoric acid groups is 2. The molecular weight excluding hydrogens is 898 g/mol. The summed E-state index contributed by atoms with van der Waals surface area (Å²) in [4.78, 5) is 54.3. The van der Waals surface area contributed by atoms with Crippen LogP contribution in [0.25, 0.3) is 0 Å². The van der Waals surface area contributed by atoms with Crippen molar-refractivity contribution in [3.63, 3.8) is 0 Å².